The second-order valence-electron chi connectivity index (χ2n) is 6.05. The maximum Gasteiger partial charge on any atom is 0.255 e. The van der Waals surface area contributed by atoms with Crippen LogP contribution in [0.3, 0.4) is 0 Å². The van der Waals surface area contributed by atoms with Crippen molar-refractivity contribution in [3.05, 3.63) is 59.4 Å². The highest BCUT2D eigenvalue weighted by atomic mass is 32.2. The van der Waals surface area contributed by atoms with E-state index in [1.54, 1.807) is 13.0 Å². The Morgan fingerprint density at radius 1 is 1.08 bits per heavy atom. The number of aryl methyl sites for hydroxylation is 1. The fourth-order valence-electron chi connectivity index (χ4n) is 2.73. The third kappa shape index (κ3) is 3.72. The summed E-state index contributed by atoms with van der Waals surface area (Å²) in [5, 5.41) is 2.64. The van der Waals surface area contributed by atoms with Crippen molar-refractivity contribution in [2.75, 3.05) is 18.4 Å². The summed E-state index contributed by atoms with van der Waals surface area (Å²) in [4.78, 5) is 12.4. The third-order valence-electron chi connectivity index (χ3n) is 4.25. The van der Waals surface area contributed by atoms with Crippen molar-refractivity contribution in [1.29, 1.82) is 0 Å². The maximum absolute atomic E-state index is 13.6. The molecular formula is C18H19FN2O3S. The monoisotopic (exact) mass is 362 g/mol. The van der Waals surface area contributed by atoms with E-state index in [1.165, 1.54) is 40.7 Å². The van der Waals surface area contributed by atoms with Gasteiger partial charge in [0.05, 0.1) is 4.90 Å². The predicted octanol–water partition coefficient (Wildman–Crippen LogP) is 3.17. The molecule has 0 bridgehead atoms. The number of rotatable bonds is 4. The molecule has 0 spiro atoms. The van der Waals surface area contributed by atoms with Crippen LogP contribution in [0, 0.1) is 12.7 Å². The molecule has 1 N–H and O–H groups in total. The van der Waals surface area contributed by atoms with E-state index in [4.69, 9.17) is 0 Å². The Bertz CT molecular complexity index is 889. The van der Waals surface area contributed by atoms with Crippen molar-refractivity contribution in [2.24, 2.45) is 0 Å². The summed E-state index contributed by atoms with van der Waals surface area (Å²) in [5.41, 5.74) is 1.12. The first-order chi connectivity index (χ1) is 11.9. The highest BCUT2D eigenvalue weighted by Crippen LogP contribution is 2.22. The molecule has 25 heavy (non-hydrogen) atoms. The number of benzene rings is 2. The van der Waals surface area contributed by atoms with Gasteiger partial charge in [-0.25, -0.2) is 12.8 Å². The third-order valence-corrected chi connectivity index (χ3v) is 6.16. The van der Waals surface area contributed by atoms with Crippen LogP contribution in [0.4, 0.5) is 10.1 Å². The molecule has 132 valence electrons. The first kappa shape index (κ1) is 17.6. The minimum Gasteiger partial charge on any atom is -0.322 e. The van der Waals surface area contributed by atoms with Gasteiger partial charge in [0.1, 0.15) is 5.82 Å². The molecule has 0 unspecified atom stereocenters. The fraction of sp³-hybridized carbons (Fsp3) is 0.278. The summed E-state index contributed by atoms with van der Waals surface area (Å²) >= 11 is 0. The molecule has 3 rings (SSSR count). The van der Waals surface area contributed by atoms with Gasteiger partial charge < -0.3 is 5.32 Å². The van der Waals surface area contributed by atoms with Crippen molar-refractivity contribution in [2.45, 2.75) is 24.7 Å². The van der Waals surface area contributed by atoms with Crippen LogP contribution >= 0.6 is 0 Å². The number of nitrogens with zero attached hydrogens (tertiary/aromatic N) is 1. The quantitative estimate of drug-likeness (QED) is 0.908. The molecule has 0 aromatic heterocycles. The van der Waals surface area contributed by atoms with Crippen LogP contribution in [0.15, 0.2) is 47.4 Å². The number of hydrogen-bond donors (Lipinski definition) is 1. The summed E-state index contributed by atoms with van der Waals surface area (Å²) in [7, 11) is -3.48. The number of nitrogens with one attached hydrogen (secondary N) is 1. The Morgan fingerprint density at radius 3 is 2.32 bits per heavy atom. The summed E-state index contributed by atoms with van der Waals surface area (Å²) in [5.74, 6) is -0.895. The minimum atomic E-state index is -3.48. The van der Waals surface area contributed by atoms with Crippen LogP contribution in [-0.4, -0.2) is 31.7 Å². The highest BCUT2D eigenvalue weighted by Gasteiger charge is 2.26. The Balaban J connectivity index is 1.74. The topological polar surface area (TPSA) is 66.5 Å². The van der Waals surface area contributed by atoms with E-state index in [9.17, 15) is 17.6 Å². The molecule has 0 saturated carbocycles. The molecule has 5 nitrogen and oxygen atoms in total. The van der Waals surface area contributed by atoms with Crippen molar-refractivity contribution in [3.63, 3.8) is 0 Å². The van der Waals surface area contributed by atoms with E-state index in [0.29, 0.717) is 24.3 Å². The lowest BCUT2D eigenvalue weighted by Crippen LogP contribution is -2.27. The molecule has 1 amide bonds. The van der Waals surface area contributed by atoms with E-state index in [2.05, 4.69) is 5.32 Å². The normalized spacial score (nSPS) is 15.3. The van der Waals surface area contributed by atoms with Gasteiger partial charge in [0.15, 0.2) is 0 Å². The Morgan fingerprint density at radius 2 is 1.72 bits per heavy atom. The average molecular weight is 362 g/mol. The molecule has 1 heterocycles. The van der Waals surface area contributed by atoms with E-state index in [1.807, 2.05) is 0 Å². The van der Waals surface area contributed by atoms with Crippen molar-refractivity contribution >= 4 is 21.6 Å². The van der Waals surface area contributed by atoms with Gasteiger partial charge >= 0.3 is 0 Å². The fourth-order valence-corrected chi connectivity index (χ4v) is 4.24. The zero-order valence-corrected chi connectivity index (χ0v) is 14.6. The first-order valence-electron chi connectivity index (χ1n) is 8.05. The van der Waals surface area contributed by atoms with Gasteiger partial charge in [-0.1, -0.05) is 6.07 Å². The molecule has 1 aliphatic heterocycles. The average Bonchev–Trinajstić information content (AvgIpc) is 3.13. The lowest BCUT2D eigenvalue weighted by Gasteiger charge is -2.15. The molecule has 1 aliphatic rings. The van der Waals surface area contributed by atoms with Gasteiger partial charge in [0.25, 0.3) is 5.91 Å². The Hall–Kier alpha value is -2.25. The van der Waals surface area contributed by atoms with E-state index >= 15 is 0 Å². The van der Waals surface area contributed by atoms with Crippen LogP contribution in [-0.2, 0) is 10.0 Å². The lowest BCUT2D eigenvalue weighted by molar-refractivity contribution is 0.102. The second kappa shape index (κ2) is 6.93. The van der Waals surface area contributed by atoms with E-state index in [0.717, 1.165) is 12.8 Å². The van der Waals surface area contributed by atoms with Gasteiger partial charge in [0, 0.05) is 24.3 Å². The molecular weight excluding hydrogens is 343 g/mol. The van der Waals surface area contributed by atoms with Crippen LogP contribution in [0.5, 0.6) is 0 Å². The zero-order valence-electron chi connectivity index (χ0n) is 13.8. The van der Waals surface area contributed by atoms with Crippen LogP contribution in [0.25, 0.3) is 0 Å². The number of amides is 1. The van der Waals surface area contributed by atoms with Crippen molar-refractivity contribution in [1.82, 2.24) is 4.31 Å². The zero-order chi connectivity index (χ0) is 18.0. The summed E-state index contributed by atoms with van der Waals surface area (Å²) < 4.78 is 39.9. The highest BCUT2D eigenvalue weighted by molar-refractivity contribution is 7.89. The van der Waals surface area contributed by atoms with Crippen molar-refractivity contribution < 1.29 is 17.6 Å². The smallest absolute Gasteiger partial charge is 0.255 e. The number of anilines is 1. The lowest BCUT2D eigenvalue weighted by atomic mass is 10.1. The van der Waals surface area contributed by atoms with Crippen molar-refractivity contribution in [3.8, 4) is 0 Å². The molecule has 1 saturated heterocycles. The number of carbonyl (C=O) groups excluding carboxylic acids is 1. The molecule has 0 atom stereocenters. The van der Waals surface area contributed by atoms with Crippen LogP contribution in [0.2, 0.25) is 0 Å². The van der Waals surface area contributed by atoms with Gasteiger partial charge in [-0.15, -0.1) is 0 Å². The number of carbonyl (C=O) groups is 1. The first-order valence-corrected chi connectivity index (χ1v) is 9.50. The number of hydrogen-bond acceptors (Lipinski definition) is 3. The Kier molecular flexibility index (Phi) is 4.87. The molecule has 2 aromatic carbocycles. The SMILES string of the molecule is Cc1ccc(C(=O)Nc2ccc(S(=O)(=O)N3CCCC3)cc2)cc1F. The molecule has 7 heteroatoms. The van der Waals surface area contributed by atoms with Crippen LogP contribution < -0.4 is 5.32 Å². The predicted molar refractivity (Wildman–Crippen MR) is 93.5 cm³/mol. The Labute approximate surface area is 146 Å². The van der Waals surface area contributed by atoms with Gasteiger partial charge in [-0.3, -0.25) is 4.79 Å². The van der Waals surface area contributed by atoms with E-state index in [-0.39, 0.29) is 10.5 Å². The summed E-state index contributed by atoms with van der Waals surface area (Å²) in [6.45, 7) is 2.70. The molecule has 0 radical (unpaired) electrons. The number of halogens is 1. The summed E-state index contributed by atoms with van der Waals surface area (Å²) in [6, 6.07) is 10.3. The largest absolute Gasteiger partial charge is 0.322 e. The maximum atomic E-state index is 13.6. The van der Waals surface area contributed by atoms with Crippen LogP contribution in [0.1, 0.15) is 28.8 Å². The molecule has 2 aromatic rings. The number of sulfonamides is 1. The van der Waals surface area contributed by atoms with E-state index < -0.39 is 21.7 Å². The molecule has 0 aliphatic carbocycles. The minimum absolute atomic E-state index is 0.203. The van der Waals surface area contributed by atoms with Gasteiger partial charge in [-0.05, 0) is 61.7 Å². The summed E-state index contributed by atoms with van der Waals surface area (Å²) in [6.07, 6.45) is 1.75. The van der Waals surface area contributed by atoms with Gasteiger partial charge in [-0.2, -0.15) is 4.31 Å². The molecule has 1 fully saturated rings. The second-order valence-corrected chi connectivity index (χ2v) is 7.99. The standard InChI is InChI=1S/C18H19FN2O3S/c1-13-4-5-14(12-17(13)19)18(22)20-15-6-8-16(9-7-15)25(23,24)21-10-2-3-11-21/h4-9,12H,2-3,10-11H2,1H3,(H,20,22). The van der Waals surface area contributed by atoms with Gasteiger partial charge in [0.2, 0.25) is 10.0 Å².